The second-order valence-electron chi connectivity index (χ2n) is 7.81. The Hall–Kier alpha value is -4.66. The van der Waals surface area contributed by atoms with Crippen LogP contribution in [0.3, 0.4) is 0 Å². The molecule has 0 saturated heterocycles. The third-order valence-corrected chi connectivity index (χ3v) is 5.38. The quantitative estimate of drug-likeness (QED) is 0.363. The molecule has 0 aliphatic carbocycles. The molecular formula is C26H21FN6O2. The minimum atomic E-state index is -0.320. The van der Waals surface area contributed by atoms with Gasteiger partial charge in [-0.3, -0.25) is 9.78 Å². The molecule has 3 heterocycles. The molecule has 35 heavy (non-hydrogen) atoms. The number of aromatic nitrogens is 5. The zero-order chi connectivity index (χ0) is 24.0. The summed E-state index contributed by atoms with van der Waals surface area (Å²) < 4.78 is 20.5. The normalized spacial score (nSPS) is 10.9. The Labute approximate surface area is 200 Å². The molecule has 2 aromatic carbocycles. The lowest BCUT2D eigenvalue weighted by Gasteiger charge is -2.05. The van der Waals surface area contributed by atoms with E-state index in [1.165, 1.54) is 12.1 Å². The van der Waals surface area contributed by atoms with Crippen LogP contribution in [0.15, 0.2) is 89.8 Å². The number of aryl methyl sites for hydroxylation is 1. The molecule has 0 saturated carbocycles. The van der Waals surface area contributed by atoms with Crippen molar-refractivity contribution in [2.45, 2.75) is 19.4 Å². The van der Waals surface area contributed by atoms with Gasteiger partial charge in [0.2, 0.25) is 17.6 Å². The zero-order valence-electron chi connectivity index (χ0n) is 18.6. The van der Waals surface area contributed by atoms with E-state index in [0.717, 1.165) is 22.4 Å². The van der Waals surface area contributed by atoms with Gasteiger partial charge in [0.1, 0.15) is 5.82 Å². The van der Waals surface area contributed by atoms with Gasteiger partial charge in [0, 0.05) is 54.7 Å². The molecule has 0 atom stereocenters. The minimum absolute atomic E-state index is 0.161. The molecular weight excluding hydrogens is 447 g/mol. The van der Waals surface area contributed by atoms with Gasteiger partial charge in [0.15, 0.2) is 0 Å². The lowest BCUT2D eigenvalue weighted by atomic mass is 10.1. The van der Waals surface area contributed by atoms with E-state index in [9.17, 15) is 9.18 Å². The van der Waals surface area contributed by atoms with Crippen LogP contribution in [-0.4, -0.2) is 30.8 Å². The van der Waals surface area contributed by atoms with Crippen LogP contribution in [0.1, 0.15) is 17.9 Å². The number of amides is 1. The number of nitrogens with zero attached hydrogens (tertiary/aromatic N) is 5. The molecule has 8 nitrogen and oxygen atoms in total. The van der Waals surface area contributed by atoms with Crippen LogP contribution >= 0.6 is 0 Å². The number of halogens is 1. The molecule has 9 heteroatoms. The minimum Gasteiger partial charge on any atom is -0.352 e. The maximum atomic E-state index is 13.4. The maximum Gasteiger partial charge on any atom is 0.227 e. The van der Waals surface area contributed by atoms with Crippen LogP contribution in [0.25, 0.3) is 28.3 Å². The number of pyridine rings is 1. The third kappa shape index (κ3) is 5.30. The van der Waals surface area contributed by atoms with Crippen molar-refractivity contribution >= 4 is 5.91 Å². The highest BCUT2D eigenvalue weighted by Gasteiger charge is 2.15. The first kappa shape index (κ1) is 22.1. The number of benzene rings is 2. The summed E-state index contributed by atoms with van der Waals surface area (Å²) in [5, 5.41) is 11.6. The summed E-state index contributed by atoms with van der Waals surface area (Å²) in [6.07, 6.45) is 5.68. The van der Waals surface area contributed by atoms with Gasteiger partial charge in [-0.05, 0) is 48.5 Å². The highest BCUT2D eigenvalue weighted by Crippen LogP contribution is 2.24. The molecule has 0 spiro atoms. The van der Waals surface area contributed by atoms with E-state index in [-0.39, 0.29) is 24.7 Å². The van der Waals surface area contributed by atoms with Crippen LogP contribution < -0.4 is 5.32 Å². The monoisotopic (exact) mass is 468 g/mol. The second-order valence-corrected chi connectivity index (χ2v) is 7.81. The molecule has 0 aliphatic heterocycles. The Morgan fingerprint density at radius 1 is 0.971 bits per heavy atom. The maximum absolute atomic E-state index is 13.4. The Balaban J connectivity index is 1.26. The topological polar surface area (TPSA) is 98.7 Å². The number of nitrogens with one attached hydrogen (secondary N) is 1. The van der Waals surface area contributed by atoms with E-state index in [1.807, 2.05) is 36.5 Å². The summed E-state index contributed by atoms with van der Waals surface area (Å²) in [5.41, 5.74) is 3.93. The van der Waals surface area contributed by atoms with Crippen molar-refractivity contribution in [2.24, 2.45) is 0 Å². The van der Waals surface area contributed by atoms with Crippen LogP contribution in [0.2, 0.25) is 0 Å². The van der Waals surface area contributed by atoms with Gasteiger partial charge in [0.25, 0.3) is 0 Å². The van der Waals surface area contributed by atoms with E-state index in [4.69, 9.17) is 4.52 Å². The molecule has 0 unspecified atom stereocenters. The first-order valence-corrected chi connectivity index (χ1v) is 11.1. The first-order chi connectivity index (χ1) is 17.2. The molecule has 0 aliphatic rings. The summed E-state index contributed by atoms with van der Waals surface area (Å²) in [6, 6.07) is 19.4. The fraction of sp³-hybridized carbons (Fsp3) is 0.115. The van der Waals surface area contributed by atoms with Gasteiger partial charge in [-0.2, -0.15) is 10.1 Å². The zero-order valence-corrected chi connectivity index (χ0v) is 18.6. The van der Waals surface area contributed by atoms with Crippen LogP contribution in [0, 0.1) is 5.82 Å². The van der Waals surface area contributed by atoms with Crippen molar-refractivity contribution < 1.29 is 13.7 Å². The van der Waals surface area contributed by atoms with Crippen LogP contribution in [-0.2, 0) is 17.8 Å². The third-order valence-electron chi connectivity index (χ3n) is 5.38. The van der Waals surface area contributed by atoms with Gasteiger partial charge in [-0.25, -0.2) is 9.07 Å². The predicted octanol–water partition coefficient (Wildman–Crippen LogP) is 4.37. The van der Waals surface area contributed by atoms with Gasteiger partial charge in [-0.15, -0.1) is 0 Å². The standard InChI is InChI=1S/C26H21FN6O2/c27-21-8-6-18(7-9-21)25-20(17-33(31-25)22-4-2-1-3-5-22)16-29-23(34)10-11-24-30-26(32-35-24)19-12-14-28-15-13-19/h1-9,12-15,17H,10-11,16H2,(H,29,34). The van der Waals surface area contributed by atoms with E-state index in [0.29, 0.717) is 23.8 Å². The number of hydrogen-bond donors (Lipinski definition) is 1. The summed E-state index contributed by atoms with van der Waals surface area (Å²) in [7, 11) is 0. The average Bonchev–Trinajstić information content (AvgIpc) is 3.55. The SMILES string of the molecule is O=C(CCc1nc(-c2ccncc2)no1)NCc1cn(-c2ccccc2)nc1-c1ccc(F)cc1. The molecule has 0 bridgehead atoms. The van der Waals surface area contributed by atoms with Gasteiger partial charge in [0.05, 0.1) is 11.4 Å². The van der Waals surface area contributed by atoms with E-state index < -0.39 is 0 Å². The number of para-hydroxylation sites is 1. The molecule has 0 radical (unpaired) electrons. The summed E-state index contributed by atoms with van der Waals surface area (Å²) in [5.74, 6) is 0.362. The van der Waals surface area contributed by atoms with Crippen molar-refractivity contribution in [1.82, 2.24) is 30.2 Å². The molecule has 5 aromatic rings. The van der Waals surface area contributed by atoms with E-state index >= 15 is 0 Å². The number of rotatable bonds is 8. The summed E-state index contributed by atoms with van der Waals surface area (Å²) in [4.78, 5) is 20.9. The number of carbonyl (C=O) groups excluding carboxylic acids is 1. The van der Waals surface area contributed by atoms with Crippen molar-refractivity contribution in [3.05, 3.63) is 103 Å². The largest absolute Gasteiger partial charge is 0.352 e. The first-order valence-electron chi connectivity index (χ1n) is 11.1. The van der Waals surface area contributed by atoms with Gasteiger partial charge >= 0.3 is 0 Å². The van der Waals surface area contributed by atoms with E-state index in [2.05, 4.69) is 25.5 Å². The fourth-order valence-electron chi connectivity index (χ4n) is 3.58. The lowest BCUT2D eigenvalue weighted by Crippen LogP contribution is -2.23. The van der Waals surface area contributed by atoms with Gasteiger partial charge in [-0.1, -0.05) is 23.4 Å². The Morgan fingerprint density at radius 3 is 2.51 bits per heavy atom. The predicted molar refractivity (Wildman–Crippen MR) is 127 cm³/mol. The van der Waals surface area contributed by atoms with Gasteiger partial charge < -0.3 is 9.84 Å². The number of carbonyl (C=O) groups is 1. The van der Waals surface area contributed by atoms with Crippen molar-refractivity contribution in [3.8, 4) is 28.3 Å². The van der Waals surface area contributed by atoms with Crippen LogP contribution in [0.4, 0.5) is 4.39 Å². The molecule has 174 valence electrons. The van der Waals surface area contributed by atoms with Crippen molar-refractivity contribution in [2.75, 3.05) is 0 Å². The van der Waals surface area contributed by atoms with Crippen molar-refractivity contribution in [3.63, 3.8) is 0 Å². The molecule has 1 N–H and O–H groups in total. The summed E-state index contributed by atoms with van der Waals surface area (Å²) >= 11 is 0. The average molecular weight is 468 g/mol. The molecule has 3 aromatic heterocycles. The van der Waals surface area contributed by atoms with Crippen molar-refractivity contribution in [1.29, 1.82) is 0 Å². The smallest absolute Gasteiger partial charge is 0.227 e. The molecule has 5 rings (SSSR count). The highest BCUT2D eigenvalue weighted by molar-refractivity contribution is 5.76. The highest BCUT2D eigenvalue weighted by atomic mass is 19.1. The fourth-order valence-corrected chi connectivity index (χ4v) is 3.58. The molecule has 1 amide bonds. The molecule has 0 fully saturated rings. The Kier molecular flexibility index (Phi) is 6.38. The second kappa shape index (κ2) is 10.1. The summed E-state index contributed by atoms with van der Waals surface area (Å²) in [6.45, 7) is 0.268. The Morgan fingerprint density at radius 2 is 1.74 bits per heavy atom. The van der Waals surface area contributed by atoms with Crippen LogP contribution in [0.5, 0.6) is 0 Å². The number of hydrogen-bond acceptors (Lipinski definition) is 6. The lowest BCUT2D eigenvalue weighted by molar-refractivity contribution is -0.121. The Bertz CT molecular complexity index is 1420. The van der Waals surface area contributed by atoms with E-state index in [1.54, 1.807) is 41.3 Å².